The van der Waals surface area contributed by atoms with Gasteiger partial charge in [-0.2, -0.15) is 10.4 Å². The molecule has 10 nitrogen and oxygen atoms in total. The Morgan fingerprint density at radius 2 is 2.02 bits per heavy atom. The molecule has 3 aromatic heterocycles. The minimum Gasteiger partial charge on any atom is -0.489 e. The van der Waals surface area contributed by atoms with Crippen LogP contribution in [0.3, 0.4) is 0 Å². The number of methoxy groups -OCH3 is 1. The number of hydrogen-bond donors (Lipinski definition) is 1. The van der Waals surface area contributed by atoms with Crippen LogP contribution in [0.1, 0.15) is 24.8 Å². The Bertz CT molecular complexity index is 1500. The Morgan fingerprint density at radius 1 is 1.23 bits per heavy atom. The molecule has 2 unspecified atom stereocenters. The van der Waals surface area contributed by atoms with Crippen molar-refractivity contribution < 1.29 is 14.6 Å². The number of aliphatic imine (C=N–C) groups is 1. The molecule has 2 bridgehead atoms. The molecule has 4 fully saturated rings. The van der Waals surface area contributed by atoms with Crippen molar-refractivity contribution in [2.24, 2.45) is 4.99 Å². The van der Waals surface area contributed by atoms with Crippen molar-refractivity contribution in [1.29, 1.82) is 5.26 Å². The molecule has 3 saturated heterocycles. The number of nitriles is 1. The summed E-state index contributed by atoms with van der Waals surface area (Å²) in [6.45, 7) is 6.88. The van der Waals surface area contributed by atoms with Gasteiger partial charge in [0, 0.05) is 75.0 Å². The van der Waals surface area contributed by atoms with Gasteiger partial charge < -0.3 is 19.5 Å². The maximum Gasteiger partial charge on any atom is 0.207 e. The van der Waals surface area contributed by atoms with E-state index in [0.29, 0.717) is 42.1 Å². The molecule has 1 aliphatic carbocycles. The van der Waals surface area contributed by atoms with Crippen molar-refractivity contribution >= 4 is 17.2 Å². The third kappa shape index (κ3) is 4.94. The number of aliphatic hydroxyl groups excluding tert-OH is 1. The third-order valence-electron chi connectivity index (χ3n) is 8.08. The molecule has 6 heterocycles. The van der Waals surface area contributed by atoms with E-state index in [4.69, 9.17) is 14.5 Å². The van der Waals surface area contributed by atoms with Crippen molar-refractivity contribution in [3.8, 4) is 22.9 Å². The lowest BCUT2D eigenvalue weighted by Crippen LogP contribution is -2.69. The van der Waals surface area contributed by atoms with Crippen molar-refractivity contribution in [1.82, 2.24) is 19.5 Å². The number of piperidine rings is 1. The second-order valence-electron chi connectivity index (χ2n) is 10.7. The van der Waals surface area contributed by atoms with E-state index < -0.39 is 0 Å². The summed E-state index contributed by atoms with van der Waals surface area (Å²) < 4.78 is 13.0. The summed E-state index contributed by atoms with van der Waals surface area (Å²) in [5.74, 6) is 2.19. The Balaban J connectivity index is 1.16. The van der Waals surface area contributed by atoms with Crippen molar-refractivity contribution in [3.63, 3.8) is 0 Å². The van der Waals surface area contributed by atoms with Crippen LogP contribution in [-0.2, 0) is 4.74 Å². The third-order valence-corrected chi connectivity index (χ3v) is 8.08. The Hall–Kier alpha value is -4.20. The maximum atomic E-state index is 9.67. The second kappa shape index (κ2) is 10.8. The van der Waals surface area contributed by atoms with Gasteiger partial charge in [0.2, 0.25) is 5.90 Å². The van der Waals surface area contributed by atoms with Crippen LogP contribution in [0.4, 0.5) is 5.82 Å². The average molecular weight is 540 g/mol. The van der Waals surface area contributed by atoms with Gasteiger partial charge in [0.05, 0.1) is 36.7 Å². The highest BCUT2D eigenvalue weighted by Gasteiger charge is 2.44. The topological polar surface area (TPSA) is 112 Å². The number of nitrogens with zero attached hydrogens (tertiary/aromatic N) is 7. The van der Waals surface area contributed by atoms with Gasteiger partial charge in [-0.3, -0.25) is 9.89 Å². The molecule has 0 aromatic carbocycles. The smallest absolute Gasteiger partial charge is 0.207 e. The molecule has 40 heavy (non-hydrogen) atoms. The molecule has 1 N–H and O–H groups in total. The zero-order chi connectivity index (χ0) is 27.8. The van der Waals surface area contributed by atoms with Gasteiger partial charge in [-0.05, 0) is 30.2 Å². The van der Waals surface area contributed by atoms with Crippen LogP contribution in [0.25, 0.3) is 16.6 Å². The minimum atomic E-state index is -0.298. The number of anilines is 1. The van der Waals surface area contributed by atoms with Crippen LogP contribution >= 0.6 is 0 Å². The first-order valence-corrected chi connectivity index (χ1v) is 13.6. The number of hydrogen-bond acceptors (Lipinski definition) is 9. The van der Waals surface area contributed by atoms with Crippen LogP contribution in [0.5, 0.6) is 5.75 Å². The van der Waals surface area contributed by atoms with Crippen LogP contribution in [-0.4, -0.2) is 88.6 Å². The van der Waals surface area contributed by atoms with E-state index >= 15 is 0 Å². The number of rotatable bonds is 8. The Kier molecular flexibility index (Phi) is 7.00. The van der Waals surface area contributed by atoms with Gasteiger partial charge in [-0.25, -0.2) is 9.50 Å². The molecular formula is C30H33N7O3. The molecule has 206 valence electrons. The Labute approximate surface area is 233 Å². The second-order valence-corrected chi connectivity index (χ2v) is 10.7. The molecule has 0 spiro atoms. The molecular weight excluding hydrogens is 506 g/mol. The van der Waals surface area contributed by atoms with E-state index in [-0.39, 0.29) is 12.2 Å². The standard InChI is InChI=1S/C30H33N7O3/c1-19(4-7-29(32-2)39-3)15-36-22-8-23(36)17-35(16-22)28-6-5-20(13-33-28)27-11-26(40-25-9-24(38)10-25)18-37-30(27)21(12-31)14-34-37/h4-7,11,13-14,18,22-25,38H,1,8-10,15-17H2,2-3H3/b7-4-,32-29+/t22?,23?,24-,25-. The molecule has 7 rings (SSSR count). The molecule has 0 amide bonds. The number of aromatic nitrogens is 3. The summed E-state index contributed by atoms with van der Waals surface area (Å²) in [5.41, 5.74) is 3.99. The van der Waals surface area contributed by atoms with Gasteiger partial charge >= 0.3 is 0 Å². The minimum absolute atomic E-state index is 0.0156. The van der Waals surface area contributed by atoms with Crippen LogP contribution < -0.4 is 9.64 Å². The van der Waals surface area contributed by atoms with E-state index in [1.807, 2.05) is 24.4 Å². The molecule has 3 aromatic rings. The van der Waals surface area contributed by atoms with E-state index in [2.05, 4.69) is 44.7 Å². The van der Waals surface area contributed by atoms with Crippen LogP contribution in [0.2, 0.25) is 0 Å². The highest BCUT2D eigenvalue weighted by molar-refractivity contribution is 5.88. The lowest BCUT2D eigenvalue weighted by molar-refractivity contribution is -0.0109. The van der Waals surface area contributed by atoms with E-state index in [1.165, 1.54) is 6.42 Å². The van der Waals surface area contributed by atoms with Crippen molar-refractivity contribution in [2.45, 2.75) is 43.6 Å². The predicted octanol–water partition coefficient (Wildman–Crippen LogP) is 3.22. The first-order chi connectivity index (χ1) is 19.4. The van der Waals surface area contributed by atoms with Crippen LogP contribution in [0.15, 0.2) is 66.1 Å². The fourth-order valence-corrected chi connectivity index (χ4v) is 5.86. The molecule has 2 atom stereocenters. The summed E-state index contributed by atoms with van der Waals surface area (Å²) in [4.78, 5) is 13.8. The number of piperazine rings is 1. The molecule has 1 saturated carbocycles. The maximum absolute atomic E-state index is 9.67. The van der Waals surface area contributed by atoms with E-state index in [9.17, 15) is 10.4 Å². The quantitative estimate of drug-likeness (QED) is 0.264. The summed E-state index contributed by atoms with van der Waals surface area (Å²) in [6, 6.07) is 9.23. The summed E-state index contributed by atoms with van der Waals surface area (Å²) >= 11 is 0. The first kappa shape index (κ1) is 26.0. The fourth-order valence-electron chi connectivity index (χ4n) is 5.86. The lowest BCUT2D eigenvalue weighted by Gasteiger charge is -2.56. The molecule has 3 aliphatic heterocycles. The zero-order valence-corrected chi connectivity index (χ0v) is 22.8. The first-order valence-electron chi connectivity index (χ1n) is 13.6. The number of pyridine rings is 2. The highest BCUT2D eigenvalue weighted by Crippen LogP contribution is 2.36. The number of aliphatic hydroxyl groups is 1. The molecule has 10 heteroatoms. The van der Waals surface area contributed by atoms with Gasteiger partial charge in [0.25, 0.3) is 0 Å². The normalized spacial score (nSPS) is 24.4. The monoisotopic (exact) mass is 539 g/mol. The highest BCUT2D eigenvalue weighted by atomic mass is 16.5. The van der Waals surface area contributed by atoms with Crippen molar-refractivity contribution in [2.75, 3.05) is 38.7 Å². The zero-order valence-electron chi connectivity index (χ0n) is 22.8. The van der Waals surface area contributed by atoms with Crippen molar-refractivity contribution in [3.05, 3.63) is 66.7 Å². The lowest BCUT2D eigenvalue weighted by atomic mass is 9.86. The van der Waals surface area contributed by atoms with Crippen LogP contribution in [0, 0.1) is 11.3 Å². The van der Waals surface area contributed by atoms with Gasteiger partial charge in [0.1, 0.15) is 23.7 Å². The SMILES string of the molecule is C=C(/C=C\C(=N/C)OC)CN1C2CC1CN(c1ccc(-c3cc(O[C@H]4C[C@H](O)C4)cn4ncc(C#N)c34)cn1)C2. The molecule has 0 radical (unpaired) electrons. The Morgan fingerprint density at radius 3 is 2.67 bits per heavy atom. The molecule has 4 aliphatic rings. The van der Waals surface area contributed by atoms with E-state index in [0.717, 1.165) is 47.7 Å². The number of fused-ring (bicyclic) bond motifs is 3. The van der Waals surface area contributed by atoms with Gasteiger partial charge in [0.15, 0.2) is 0 Å². The van der Waals surface area contributed by atoms with Gasteiger partial charge in [-0.15, -0.1) is 0 Å². The summed E-state index contributed by atoms with van der Waals surface area (Å²) in [7, 11) is 3.32. The largest absolute Gasteiger partial charge is 0.489 e. The van der Waals surface area contributed by atoms with E-state index in [1.54, 1.807) is 31.1 Å². The predicted molar refractivity (Wildman–Crippen MR) is 153 cm³/mol. The fraction of sp³-hybridized carbons (Fsp3) is 0.400. The van der Waals surface area contributed by atoms with Gasteiger partial charge in [-0.1, -0.05) is 12.7 Å². The summed E-state index contributed by atoms with van der Waals surface area (Å²) in [6.07, 6.45) is 11.2. The average Bonchev–Trinajstić information content (AvgIpc) is 3.38. The summed E-state index contributed by atoms with van der Waals surface area (Å²) in [5, 5.41) is 23.7. The number of ether oxygens (including phenoxy) is 2.